The summed E-state index contributed by atoms with van der Waals surface area (Å²) >= 11 is 1.59. The molecule has 18 heavy (non-hydrogen) atoms. The first-order chi connectivity index (χ1) is 8.74. The van der Waals surface area contributed by atoms with Crippen molar-refractivity contribution in [1.82, 2.24) is 9.97 Å². The number of rotatable bonds is 3. The Morgan fingerprint density at radius 3 is 3.06 bits per heavy atom. The van der Waals surface area contributed by atoms with Gasteiger partial charge < -0.3 is 15.5 Å². The average molecular weight is 260 g/mol. The van der Waals surface area contributed by atoms with Gasteiger partial charge in [0.25, 0.3) is 6.01 Å². The molecule has 1 unspecified atom stereocenters. The number of para-hydroxylation sites is 1. The number of fused-ring (bicyclic) bond motifs is 1. The van der Waals surface area contributed by atoms with Crippen molar-refractivity contribution < 1.29 is 4.42 Å². The van der Waals surface area contributed by atoms with E-state index in [9.17, 15) is 0 Å². The standard InChI is InChI=1S/C12H12N4OS/c1-7(11-14-5-6-18-11)15-12-16-10-8(13)3-2-4-9(10)17-12/h2-7H,13H2,1H3,(H,15,16). The van der Waals surface area contributed by atoms with Gasteiger partial charge in [-0.1, -0.05) is 6.07 Å². The van der Waals surface area contributed by atoms with E-state index in [1.807, 2.05) is 24.4 Å². The second-order valence-electron chi connectivity index (χ2n) is 3.95. The molecule has 0 amide bonds. The number of oxazole rings is 1. The summed E-state index contributed by atoms with van der Waals surface area (Å²) in [5.41, 5.74) is 7.82. The molecule has 0 saturated heterocycles. The Hall–Kier alpha value is -2.08. The van der Waals surface area contributed by atoms with E-state index in [0.29, 0.717) is 22.8 Å². The molecule has 92 valence electrons. The number of benzene rings is 1. The molecule has 0 bridgehead atoms. The summed E-state index contributed by atoms with van der Waals surface area (Å²) in [5, 5.41) is 6.11. The molecular formula is C12H12N4OS. The van der Waals surface area contributed by atoms with Crippen LogP contribution in [0.5, 0.6) is 0 Å². The summed E-state index contributed by atoms with van der Waals surface area (Å²) in [6.45, 7) is 2.01. The summed E-state index contributed by atoms with van der Waals surface area (Å²) in [4.78, 5) is 8.58. The van der Waals surface area contributed by atoms with E-state index < -0.39 is 0 Å². The average Bonchev–Trinajstić information content (AvgIpc) is 2.97. The molecule has 3 rings (SSSR count). The fourth-order valence-electron chi connectivity index (χ4n) is 1.73. The highest BCUT2D eigenvalue weighted by Crippen LogP contribution is 2.26. The van der Waals surface area contributed by atoms with Crippen molar-refractivity contribution in [3.05, 3.63) is 34.8 Å². The van der Waals surface area contributed by atoms with Gasteiger partial charge in [-0.2, -0.15) is 4.98 Å². The van der Waals surface area contributed by atoms with Gasteiger partial charge in [0.2, 0.25) is 0 Å². The zero-order valence-corrected chi connectivity index (χ0v) is 10.6. The summed E-state index contributed by atoms with van der Waals surface area (Å²) in [6, 6.07) is 6.01. The number of nitrogens with two attached hydrogens (primary N) is 1. The van der Waals surface area contributed by atoms with E-state index in [1.54, 1.807) is 23.6 Å². The molecule has 2 aromatic heterocycles. The molecule has 0 saturated carbocycles. The molecule has 0 aliphatic heterocycles. The number of thiazole rings is 1. The van der Waals surface area contributed by atoms with Gasteiger partial charge in [-0.05, 0) is 19.1 Å². The fourth-order valence-corrected chi connectivity index (χ4v) is 2.37. The first kappa shape index (κ1) is 11.0. The lowest BCUT2D eigenvalue weighted by Crippen LogP contribution is -2.06. The molecule has 0 radical (unpaired) electrons. The first-order valence-corrected chi connectivity index (χ1v) is 6.43. The van der Waals surface area contributed by atoms with Crippen LogP contribution in [0, 0.1) is 0 Å². The lowest BCUT2D eigenvalue weighted by atomic mass is 10.3. The Morgan fingerprint density at radius 2 is 2.33 bits per heavy atom. The highest BCUT2D eigenvalue weighted by Gasteiger charge is 2.13. The van der Waals surface area contributed by atoms with Gasteiger partial charge >= 0.3 is 0 Å². The van der Waals surface area contributed by atoms with Crippen LogP contribution in [-0.4, -0.2) is 9.97 Å². The highest BCUT2D eigenvalue weighted by molar-refractivity contribution is 7.09. The minimum Gasteiger partial charge on any atom is -0.423 e. The maximum atomic E-state index is 5.83. The Labute approximate surface area is 108 Å². The van der Waals surface area contributed by atoms with Crippen molar-refractivity contribution in [3.63, 3.8) is 0 Å². The van der Waals surface area contributed by atoms with Gasteiger partial charge in [0, 0.05) is 11.6 Å². The molecule has 3 aromatic rings. The van der Waals surface area contributed by atoms with E-state index >= 15 is 0 Å². The second-order valence-corrected chi connectivity index (χ2v) is 4.88. The van der Waals surface area contributed by atoms with Gasteiger partial charge in [0.15, 0.2) is 5.58 Å². The molecule has 1 atom stereocenters. The highest BCUT2D eigenvalue weighted by atomic mass is 32.1. The molecule has 6 heteroatoms. The number of hydrogen-bond acceptors (Lipinski definition) is 6. The maximum Gasteiger partial charge on any atom is 0.296 e. The van der Waals surface area contributed by atoms with Crippen molar-refractivity contribution in [2.45, 2.75) is 13.0 Å². The van der Waals surface area contributed by atoms with Gasteiger partial charge in [-0.3, -0.25) is 0 Å². The van der Waals surface area contributed by atoms with Gasteiger partial charge in [-0.25, -0.2) is 4.98 Å². The van der Waals surface area contributed by atoms with Gasteiger partial charge in [-0.15, -0.1) is 11.3 Å². The van der Waals surface area contributed by atoms with Crippen LogP contribution < -0.4 is 11.1 Å². The van der Waals surface area contributed by atoms with Crippen LogP contribution in [0.4, 0.5) is 11.7 Å². The predicted molar refractivity (Wildman–Crippen MR) is 72.6 cm³/mol. The Kier molecular flexibility index (Phi) is 2.64. The molecular weight excluding hydrogens is 248 g/mol. The SMILES string of the molecule is CC(Nc1nc2c(N)cccc2o1)c1nccs1. The summed E-state index contributed by atoms with van der Waals surface area (Å²) in [7, 11) is 0. The molecule has 0 aliphatic carbocycles. The van der Waals surface area contributed by atoms with Crippen LogP contribution in [0.3, 0.4) is 0 Å². The minimum absolute atomic E-state index is 0.0549. The van der Waals surface area contributed by atoms with Crippen LogP contribution >= 0.6 is 11.3 Å². The van der Waals surface area contributed by atoms with E-state index in [0.717, 1.165) is 5.01 Å². The second kappa shape index (κ2) is 4.30. The van der Waals surface area contributed by atoms with Gasteiger partial charge in [0.1, 0.15) is 10.5 Å². The number of nitrogens with one attached hydrogen (secondary N) is 1. The molecule has 2 heterocycles. The quantitative estimate of drug-likeness (QED) is 0.708. The van der Waals surface area contributed by atoms with Crippen molar-refractivity contribution in [1.29, 1.82) is 0 Å². The molecule has 0 fully saturated rings. The maximum absolute atomic E-state index is 5.83. The van der Waals surface area contributed by atoms with Crippen LogP contribution in [0.15, 0.2) is 34.2 Å². The van der Waals surface area contributed by atoms with Crippen molar-refractivity contribution >= 4 is 34.1 Å². The van der Waals surface area contributed by atoms with Crippen LogP contribution in [0.1, 0.15) is 18.0 Å². The van der Waals surface area contributed by atoms with Crippen LogP contribution in [0.25, 0.3) is 11.1 Å². The topological polar surface area (TPSA) is 77.0 Å². The molecule has 5 nitrogen and oxygen atoms in total. The molecule has 3 N–H and O–H groups in total. The fraction of sp³-hybridized carbons (Fsp3) is 0.167. The number of aromatic nitrogens is 2. The van der Waals surface area contributed by atoms with E-state index in [-0.39, 0.29) is 6.04 Å². The Balaban J connectivity index is 1.89. The zero-order chi connectivity index (χ0) is 12.5. The van der Waals surface area contributed by atoms with E-state index in [1.165, 1.54) is 0 Å². The largest absolute Gasteiger partial charge is 0.423 e. The normalized spacial score (nSPS) is 12.7. The van der Waals surface area contributed by atoms with Crippen LogP contribution in [-0.2, 0) is 0 Å². The number of nitrogens with zero attached hydrogens (tertiary/aromatic N) is 2. The summed E-state index contributed by atoms with van der Waals surface area (Å²) < 4.78 is 5.59. The number of anilines is 2. The van der Waals surface area contributed by atoms with Crippen molar-refractivity contribution in [2.75, 3.05) is 11.1 Å². The third-order valence-electron chi connectivity index (χ3n) is 2.61. The Morgan fingerprint density at radius 1 is 1.44 bits per heavy atom. The predicted octanol–water partition coefficient (Wildman–Crippen LogP) is 3.04. The third-order valence-corrected chi connectivity index (χ3v) is 3.57. The van der Waals surface area contributed by atoms with E-state index in [4.69, 9.17) is 10.2 Å². The minimum atomic E-state index is 0.0549. The van der Waals surface area contributed by atoms with Crippen molar-refractivity contribution in [3.8, 4) is 0 Å². The van der Waals surface area contributed by atoms with E-state index in [2.05, 4.69) is 15.3 Å². The number of hydrogen-bond donors (Lipinski definition) is 2. The number of nitrogen functional groups attached to an aromatic ring is 1. The molecule has 0 spiro atoms. The lowest BCUT2D eigenvalue weighted by molar-refractivity contribution is 0.603. The smallest absolute Gasteiger partial charge is 0.296 e. The zero-order valence-electron chi connectivity index (χ0n) is 9.75. The summed E-state index contributed by atoms with van der Waals surface area (Å²) in [5.74, 6) is 0. The first-order valence-electron chi connectivity index (χ1n) is 5.55. The monoisotopic (exact) mass is 260 g/mol. The molecule has 0 aliphatic rings. The van der Waals surface area contributed by atoms with Crippen LogP contribution in [0.2, 0.25) is 0 Å². The summed E-state index contributed by atoms with van der Waals surface area (Å²) in [6.07, 6.45) is 1.78. The molecule has 1 aromatic carbocycles. The van der Waals surface area contributed by atoms with Gasteiger partial charge in [0.05, 0.1) is 11.7 Å². The lowest BCUT2D eigenvalue weighted by Gasteiger charge is -2.07. The third kappa shape index (κ3) is 1.91. The Bertz CT molecular complexity index is 662. The van der Waals surface area contributed by atoms with Crippen molar-refractivity contribution in [2.24, 2.45) is 0 Å².